The number of H-pyrrole nitrogens is 2. The standard InChI is InChI=1S/C21H17N5O4/c27-19(15-9-16-18(23-11-15)25-21(29)26-20(16)28)24-10-14-6-7-22-17(8-14)30-12-13-4-2-1-3-5-13/h1-9,11H,10,12H2,(H,24,27)(H2,23,25,26,28,29). The lowest BCUT2D eigenvalue weighted by Crippen LogP contribution is -2.25. The molecule has 1 amide bonds. The van der Waals surface area contributed by atoms with Crippen LogP contribution in [0.3, 0.4) is 0 Å². The number of ether oxygens (including phenoxy) is 1. The molecule has 4 rings (SSSR count). The first-order valence-corrected chi connectivity index (χ1v) is 9.11. The Morgan fingerprint density at radius 1 is 1.00 bits per heavy atom. The molecule has 0 aliphatic rings. The number of fused-ring (bicyclic) bond motifs is 1. The Kier molecular flexibility index (Phi) is 5.33. The van der Waals surface area contributed by atoms with E-state index in [1.54, 1.807) is 18.3 Å². The number of hydrogen-bond acceptors (Lipinski definition) is 6. The van der Waals surface area contributed by atoms with Gasteiger partial charge in [0, 0.05) is 25.0 Å². The quantitative estimate of drug-likeness (QED) is 0.447. The normalized spacial score (nSPS) is 10.7. The lowest BCUT2D eigenvalue weighted by atomic mass is 10.2. The number of amides is 1. The Hall–Kier alpha value is -4.27. The number of carbonyl (C=O) groups excluding carboxylic acids is 1. The van der Waals surface area contributed by atoms with Crippen LogP contribution in [0.1, 0.15) is 21.5 Å². The Morgan fingerprint density at radius 3 is 2.67 bits per heavy atom. The summed E-state index contributed by atoms with van der Waals surface area (Å²) in [5.74, 6) is 0.0482. The van der Waals surface area contributed by atoms with Gasteiger partial charge in [-0.15, -0.1) is 0 Å². The van der Waals surface area contributed by atoms with Crippen molar-refractivity contribution >= 4 is 16.9 Å². The van der Waals surface area contributed by atoms with E-state index in [-0.39, 0.29) is 23.1 Å². The fourth-order valence-electron chi connectivity index (χ4n) is 2.83. The van der Waals surface area contributed by atoms with Crippen LogP contribution in [-0.2, 0) is 13.2 Å². The average Bonchev–Trinajstić information content (AvgIpc) is 2.77. The molecule has 3 N–H and O–H groups in total. The molecule has 0 bridgehead atoms. The highest BCUT2D eigenvalue weighted by Crippen LogP contribution is 2.12. The first kappa shape index (κ1) is 19.1. The first-order valence-electron chi connectivity index (χ1n) is 9.11. The van der Waals surface area contributed by atoms with Crippen LogP contribution in [0.5, 0.6) is 5.88 Å². The van der Waals surface area contributed by atoms with Crippen LogP contribution >= 0.6 is 0 Å². The van der Waals surface area contributed by atoms with Gasteiger partial charge in [0.15, 0.2) is 0 Å². The summed E-state index contributed by atoms with van der Waals surface area (Å²) >= 11 is 0. The zero-order valence-electron chi connectivity index (χ0n) is 15.7. The lowest BCUT2D eigenvalue weighted by Gasteiger charge is -2.08. The number of aromatic amines is 2. The van der Waals surface area contributed by atoms with Crippen molar-refractivity contribution < 1.29 is 9.53 Å². The second-order valence-electron chi connectivity index (χ2n) is 6.49. The van der Waals surface area contributed by atoms with Crippen LogP contribution in [0.4, 0.5) is 0 Å². The second kappa shape index (κ2) is 8.39. The van der Waals surface area contributed by atoms with Gasteiger partial charge in [0.2, 0.25) is 5.88 Å². The number of rotatable bonds is 6. The van der Waals surface area contributed by atoms with Crippen molar-refractivity contribution in [2.24, 2.45) is 0 Å². The molecule has 0 saturated carbocycles. The SMILES string of the molecule is O=C(NCc1ccnc(OCc2ccccc2)c1)c1cnc2[nH]c(=O)[nH]c(=O)c2c1. The van der Waals surface area contributed by atoms with Gasteiger partial charge in [-0.05, 0) is 23.3 Å². The lowest BCUT2D eigenvalue weighted by molar-refractivity contribution is 0.0950. The van der Waals surface area contributed by atoms with Crippen LogP contribution in [0.15, 0.2) is 70.5 Å². The molecular formula is C21H17N5O4. The molecule has 4 aromatic rings. The predicted molar refractivity (Wildman–Crippen MR) is 109 cm³/mol. The van der Waals surface area contributed by atoms with Gasteiger partial charge < -0.3 is 10.1 Å². The number of carbonyl (C=O) groups is 1. The summed E-state index contributed by atoms with van der Waals surface area (Å²) in [6.45, 7) is 0.631. The van der Waals surface area contributed by atoms with Crippen LogP contribution in [0.25, 0.3) is 11.0 Å². The summed E-state index contributed by atoms with van der Waals surface area (Å²) in [5.41, 5.74) is 0.894. The van der Waals surface area contributed by atoms with Crippen LogP contribution in [0, 0.1) is 0 Å². The number of hydrogen-bond donors (Lipinski definition) is 3. The topological polar surface area (TPSA) is 130 Å². The van der Waals surface area contributed by atoms with Crippen LogP contribution < -0.4 is 21.3 Å². The highest BCUT2D eigenvalue weighted by Gasteiger charge is 2.10. The summed E-state index contributed by atoms with van der Waals surface area (Å²) in [6, 6.07) is 14.6. The summed E-state index contributed by atoms with van der Waals surface area (Å²) in [7, 11) is 0. The van der Waals surface area contributed by atoms with E-state index >= 15 is 0 Å². The van der Waals surface area contributed by atoms with E-state index in [0.717, 1.165) is 11.1 Å². The largest absolute Gasteiger partial charge is 0.473 e. The molecule has 0 radical (unpaired) electrons. The molecule has 0 aliphatic carbocycles. The first-order chi connectivity index (χ1) is 14.6. The summed E-state index contributed by atoms with van der Waals surface area (Å²) < 4.78 is 5.69. The van der Waals surface area contributed by atoms with Crippen molar-refractivity contribution in [2.75, 3.05) is 0 Å². The summed E-state index contributed by atoms with van der Waals surface area (Å²) in [5, 5.41) is 2.89. The van der Waals surface area contributed by atoms with E-state index in [1.165, 1.54) is 12.3 Å². The monoisotopic (exact) mass is 403 g/mol. The van der Waals surface area contributed by atoms with Crippen LogP contribution in [0.2, 0.25) is 0 Å². The number of pyridine rings is 2. The molecule has 30 heavy (non-hydrogen) atoms. The van der Waals surface area contributed by atoms with Crippen LogP contribution in [-0.4, -0.2) is 25.8 Å². The molecule has 0 saturated heterocycles. The molecule has 9 nitrogen and oxygen atoms in total. The molecule has 0 spiro atoms. The smallest absolute Gasteiger partial charge is 0.327 e. The van der Waals surface area contributed by atoms with Gasteiger partial charge in [0.05, 0.1) is 10.9 Å². The van der Waals surface area contributed by atoms with Gasteiger partial charge in [-0.3, -0.25) is 19.6 Å². The Bertz CT molecular complexity index is 1310. The zero-order valence-corrected chi connectivity index (χ0v) is 15.7. The number of aromatic nitrogens is 4. The van der Waals surface area contributed by atoms with E-state index in [2.05, 4.69) is 25.3 Å². The van der Waals surface area contributed by atoms with Crippen molar-refractivity contribution in [1.29, 1.82) is 0 Å². The van der Waals surface area contributed by atoms with Gasteiger partial charge in [0.1, 0.15) is 12.3 Å². The Balaban J connectivity index is 1.42. The minimum atomic E-state index is -0.653. The number of nitrogens with zero attached hydrogens (tertiary/aromatic N) is 2. The maximum Gasteiger partial charge on any atom is 0.327 e. The van der Waals surface area contributed by atoms with Crippen molar-refractivity contribution in [2.45, 2.75) is 13.2 Å². The molecular weight excluding hydrogens is 386 g/mol. The van der Waals surface area contributed by atoms with Crippen molar-refractivity contribution in [3.05, 3.63) is 98.5 Å². The van der Waals surface area contributed by atoms with Gasteiger partial charge >= 0.3 is 5.69 Å². The number of nitrogens with one attached hydrogen (secondary N) is 3. The third-order valence-electron chi connectivity index (χ3n) is 4.34. The van der Waals surface area contributed by atoms with E-state index in [9.17, 15) is 14.4 Å². The number of benzene rings is 1. The van der Waals surface area contributed by atoms with E-state index in [4.69, 9.17) is 4.74 Å². The van der Waals surface area contributed by atoms with E-state index < -0.39 is 17.2 Å². The predicted octanol–water partition coefficient (Wildman–Crippen LogP) is 1.52. The summed E-state index contributed by atoms with van der Waals surface area (Å²) in [6.07, 6.45) is 2.91. The fourth-order valence-corrected chi connectivity index (χ4v) is 2.83. The molecule has 0 unspecified atom stereocenters. The molecule has 0 aliphatic heterocycles. The molecule has 3 heterocycles. The van der Waals surface area contributed by atoms with E-state index in [0.29, 0.717) is 12.5 Å². The Labute approximate surface area is 169 Å². The molecule has 9 heteroatoms. The third-order valence-corrected chi connectivity index (χ3v) is 4.34. The minimum Gasteiger partial charge on any atom is -0.473 e. The maximum absolute atomic E-state index is 12.5. The van der Waals surface area contributed by atoms with E-state index in [1.807, 2.05) is 30.3 Å². The van der Waals surface area contributed by atoms with Crippen molar-refractivity contribution in [1.82, 2.24) is 25.3 Å². The molecule has 3 aromatic heterocycles. The summed E-state index contributed by atoms with van der Waals surface area (Å²) in [4.78, 5) is 48.3. The molecule has 150 valence electrons. The molecule has 0 fully saturated rings. The minimum absolute atomic E-state index is 0.120. The fraction of sp³-hybridized carbons (Fsp3) is 0.0952. The van der Waals surface area contributed by atoms with Crippen molar-refractivity contribution in [3.8, 4) is 5.88 Å². The highest BCUT2D eigenvalue weighted by molar-refractivity contribution is 5.96. The molecule has 0 atom stereocenters. The van der Waals surface area contributed by atoms with Gasteiger partial charge in [-0.1, -0.05) is 30.3 Å². The van der Waals surface area contributed by atoms with Gasteiger partial charge in [-0.25, -0.2) is 14.8 Å². The zero-order chi connectivity index (χ0) is 20.9. The van der Waals surface area contributed by atoms with Gasteiger partial charge in [-0.2, -0.15) is 0 Å². The second-order valence-corrected chi connectivity index (χ2v) is 6.49. The Morgan fingerprint density at radius 2 is 1.83 bits per heavy atom. The highest BCUT2D eigenvalue weighted by atomic mass is 16.5. The maximum atomic E-state index is 12.5. The average molecular weight is 403 g/mol. The van der Waals surface area contributed by atoms with Crippen molar-refractivity contribution in [3.63, 3.8) is 0 Å². The third kappa shape index (κ3) is 4.41. The van der Waals surface area contributed by atoms with Gasteiger partial charge in [0.25, 0.3) is 11.5 Å². The molecule has 1 aromatic carbocycles.